The molecule has 3 rings (SSSR count). The van der Waals surface area contributed by atoms with Crippen LogP contribution in [0.5, 0.6) is 0 Å². The molecule has 0 saturated carbocycles. The highest BCUT2D eigenvalue weighted by Crippen LogP contribution is 2.23. The molecular weight excluding hydrogens is 380 g/mol. The summed E-state index contributed by atoms with van der Waals surface area (Å²) >= 11 is 0. The number of fused-ring (bicyclic) bond motifs is 1. The lowest BCUT2D eigenvalue weighted by Gasteiger charge is -2.14. The van der Waals surface area contributed by atoms with Crippen molar-refractivity contribution in [3.8, 4) is 23.7 Å². The minimum atomic E-state index is -0.604. The molecule has 0 fully saturated rings. The van der Waals surface area contributed by atoms with Crippen LogP contribution in [0.4, 0.5) is 0 Å². The largest absolute Gasteiger partial charge is 0.443 e. The number of carbonyl (C=O) groups is 1. The maximum atomic E-state index is 12.5. The second-order valence-electron chi connectivity index (χ2n) is 8.03. The van der Waals surface area contributed by atoms with E-state index in [1.165, 1.54) is 24.6 Å². The van der Waals surface area contributed by atoms with Crippen LogP contribution < -0.4 is 0 Å². The lowest BCUT2D eigenvalue weighted by Crippen LogP contribution is -2.18. The molecule has 2 heteroatoms. The van der Waals surface area contributed by atoms with Gasteiger partial charge in [0.2, 0.25) is 0 Å². The summed E-state index contributed by atoms with van der Waals surface area (Å²) in [5.41, 5.74) is 1.84. The maximum Gasteiger partial charge on any atom is 0.307 e. The molecule has 0 saturated heterocycles. The summed E-state index contributed by atoms with van der Waals surface area (Å²) in [4.78, 5) is 12.5. The molecule has 0 aromatic heterocycles. The van der Waals surface area contributed by atoms with Crippen molar-refractivity contribution < 1.29 is 9.53 Å². The van der Waals surface area contributed by atoms with Gasteiger partial charge >= 0.3 is 5.97 Å². The topological polar surface area (TPSA) is 26.3 Å². The molecule has 0 amide bonds. The van der Waals surface area contributed by atoms with Gasteiger partial charge in [0.25, 0.3) is 0 Å². The normalized spacial score (nSPS) is 17.3. The highest BCUT2D eigenvalue weighted by Gasteiger charge is 2.17. The summed E-state index contributed by atoms with van der Waals surface area (Å²) in [5, 5.41) is 2.33. The van der Waals surface area contributed by atoms with E-state index in [-0.39, 0.29) is 5.97 Å². The zero-order chi connectivity index (χ0) is 21.7. The minimum absolute atomic E-state index is 0.182. The molecule has 0 heterocycles. The van der Waals surface area contributed by atoms with E-state index < -0.39 is 6.10 Å². The van der Waals surface area contributed by atoms with Gasteiger partial charge in [-0.05, 0) is 41.7 Å². The fourth-order valence-electron chi connectivity index (χ4n) is 3.71. The van der Waals surface area contributed by atoms with Crippen molar-refractivity contribution in [2.75, 3.05) is 0 Å². The first kappa shape index (κ1) is 22.7. The van der Waals surface area contributed by atoms with Gasteiger partial charge in [0.1, 0.15) is 0 Å². The van der Waals surface area contributed by atoms with Crippen molar-refractivity contribution in [1.82, 2.24) is 0 Å². The van der Waals surface area contributed by atoms with Crippen molar-refractivity contribution in [2.24, 2.45) is 0 Å². The molecule has 1 aliphatic rings. The number of ether oxygens (including phenoxy) is 1. The van der Waals surface area contributed by atoms with Crippen LogP contribution in [0.3, 0.4) is 0 Å². The van der Waals surface area contributed by atoms with Gasteiger partial charge in [-0.1, -0.05) is 98.8 Å². The van der Waals surface area contributed by atoms with Crippen LogP contribution in [0.15, 0.2) is 48.0 Å². The molecule has 0 bridgehead atoms. The van der Waals surface area contributed by atoms with Crippen LogP contribution >= 0.6 is 0 Å². The zero-order valence-electron chi connectivity index (χ0n) is 18.6. The summed E-state index contributed by atoms with van der Waals surface area (Å²) in [6.45, 7) is 2.19. The van der Waals surface area contributed by atoms with Gasteiger partial charge in [-0.25, -0.2) is 0 Å². The molecule has 0 aliphatic heterocycles. The standard InChI is InChI=1S/C29H32O2/c1-2-3-4-7-12-22-29(30)31-28-21-11-9-6-5-8-10-17-26(28)23-25-19-15-18-24-16-13-14-20-27(24)25/h13-16,18-20,23,28H,2-9,12,22H2,1H3. The number of hydrogen-bond donors (Lipinski definition) is 0. The van der Waals surface area contributed by atoms with Gasteiger partial charge in [-0.3, -0.25) is 4.79 Å². The molecule has 0 N–H and O–H groups in total. The Bertz CT molecular complexity index is 1020. The number of unbranched alkanes of at least 4 members (excludes halogenated alkanes) is 4. The van der Waals surface area contributed by atoms with Crippen LogP contribution in [-0.4, -0.2) is 12.1 Å². The molecule has 1 atom stereocenters. The fourth-order valence-corrected chi connectivity index (χ4v) is 3.71. The van der Waals surface area contributed by atoms with Crippen molar-refractivity contribution in [3.05, 3.63) is 53.6 Å². The van der Waals surface area contributed by atoms with Crippen LogP contribution in [-0.2, 0) is 9.53 Å². The van der Waals surface area contributed by atoms with E-state index >= 15 is 0 Å². The lowest BCUT2D eigenvalue weighted by atomic mass is 9.99. The van der Waals surface area contributed by atoms with Crippen molar-refractivity contribution in [3.63, 3.8) is 0 Å². The third-order valence-corrected chi connectivity index (χ3v) is 5.47. The quantitative estimate of drug-likeness (QED) is 0.263. The molecule has 1 aliphatic carbocycles. The third kappa shape index (κ3) is 7.34. The fraction of sp³-hybridized carbons (Fsp3) is 0.414. The van der Waals surface area contributed by atoms with Crippen LogP contribution in [0, 0.1) is 23.7 Å². The first-order chi connectivity index (χ1) is 15.3. The predicted octanol–water partition coefficient (Wildman–Crippen LogP) is 7.08. The second kappa shape index (κ2) is 12.7. The van der Waals surface area contributed by atoms with Crippen molar-refractivity contribution in [2.45, 2.75) is 77.2 Å². The van der Waals surface area contributed by atoms with E-state index in [2.05, 4.69) is 54.9 Å². The average Bonchev–Trinajstić information content (AvgIpc) is 2.79. The Labute approximate surface area is 187 Å². The van der Waals surface area contributed by atoms with E-state index in [9.17, 15) is 4.79 Å². The van der Waals surface area contributed by atoms with Gasteiger partial charge in [-0.2, -0.15) is 0 Å². The molecule has 2 aromatic rings. The van der Waals surface area contributed by atoms with Gasteiger partial charge < -0.3 is 4.74 Å². The van der Waals surface area contributed by atoms with Crippen molar-refractivity contribution >= 4 is 22.8 Å². The predicted molar refractivity (Wildman–Crippen MR) is 129 cm³/mol. The van der Waals surface area contributed by atoms with E-state index in [0.29, 0.717) is 6.42 Å². The smallest absolute Gasteiger partial charge is 0.307 e. The Morgan fingerprint density at radius 3 is 2.65 bits per heavy atom. The Kier molecular flexibility index (Phi) is 9.28. The summed E-state index contributed by atoms with van der Waals surface area (Å²) in [6.07, 6.45) is 11.1. The molecule has 0 radical (unpaired) electrons. The number of esters is 1. The molecule has 0 spiro atoms. The number of carbonyl (C=O) groups excluding carboxylic acids is 1. The van der Waals surface area contributed by atoms with E-state index in [4.69, 9.17) is 4.74 Å². The first-order valence-corrected chi connectivity index (χ1v) is 11.6. The Balaban J connectivity index is 1.83. The number of rotatable bonds is 8. The highest BCUT2D eigenvalue weighted by molar-refractivity contribution is 5.91. The molecule has 31 heavy (non-hydrogen) atoms. The third-order valence-electron chi connectivity index (χ3n) is 5.47. The summed E-state index contributed by atoms with van der Waals surface area (Å²) in [6, 6.07) is 14.5. The average molecular weight is 413 g/mol. The Morgan fingerprint density at radius 1 is 1.00 bits per heavy atom. The molecular formula is C29H32O2. The first-order valence-electron chi connectivity index (χ1n) is 11.6. The monoisotopic (exact) mass is 412 g/mol. The number of benzene rings is 2. The summed E-state index contributed by atoms with van der Waals surface area (Å²) in [7, 11) is 0. The lowest BCUT2D eigenvalue weighted by molar-refractivity contribution is -0.145. The molecule has 2 aromatic carbocycles. The highest BCUT2D eigenvalue weighted by atomic mass is 16.5. The molecule has 160 valence electrons. The Morgan fingerprint density at radius 2 is 1.77 bits per heavy atom. The molecule has 1 unspecified atom stereocenters. The van der Waals surface area contributed by atoms with E-state index in [0.717, 1.165) is 55.0 Å². The van der Waals surface area contributed by atoms with Crippen LogP contribution in [0.25, 0.3) is 16.8 Å². The van der Waals surface area contributed by atoms with Gasteiger partial charge in [0.15, 0.2) is 6.10 Å². The van der Waals surface area contributed by atoms with Gasteiger partial charge in [-0.15, -0.1) is 0 Å². The Hall–Kier alpha value is -2.97. The summed E-state index contributed by atoms with van der Waals surface area (Å²) in [5.74, 6) is 12.8. The van der Waals surface area contributed by atoms with E-state index in [1.54, 1.807) is 0 Å². The zero-order valence-corrected chi connectivity index (χ0v) is 18.6. The van der Waals surface area contributed by atoms with Crippen molar-refractivity contribution in [1.29, 1.82) is 0 Å². The van der Waals surface area contributed by atoms with Crippen LogP contribution in [0.2, 0.25) is 0 Å². The number of hydrogen-bond acceptors (Lipinski definition) is 2. The minimum Gasteiger partial charge on any atom is -0.443 e. The second-order valence-corrected chi connectivity index (χ2v) is 8.03. The van der Waals surface area contributed by atoms with E-state index in [1.807, 2.05) is 24.3 Å². The van der Waals surface area contributed by atoms with Gasteiger partial charge in [0, 0.05) is 19.3 Å². The summed E-state index contributed by atoms with van der Waals surface area (Å²) < 4.78 is 5.84. The maximum absolute atomic E-state index is 12.5. The molecule has 2 nitrogen and oxygen atoms in total. The van der Waals surface area contributed by atoms with Gasteiger partial charge in [0.05, 0.1) is 5.57 Å². The SMILES string of the molecule is CCCCCCCC(=O)OC1C#CCCCCC#CC1=Cc1cccc2ccccc12. The van der Waals surface area contributed by atoms with Crippen LogP contribution in [0.1, 0.15) is 76.7 Å².